The van der Waals surface area contributed by atoms with Crippen molar-refractivity contribution in [2.75, 3.05) is 20.2 Å². The van der Waals surface area contributed by atoms with Crippen LogP contribution in [0.25, 0.3) is 16.7 Å². The van der Waals surface area contributed by atoms with Crippen LogP contribution in [0.15, 0.2) is 42.2 Å². The van der Waals surface area contributed by atoms with E-state index in [0.29, 0.717) is 42.3 Å². The van der Waals surface area contributed by atoms with Gasteiger partial charge in [0.2, 0.25) is 0 Å². The number of piperidine rings is 1. The van der Waals surface area contributed by atoms with Gasteiger partial charge in [-0.2, -0.15) is 5.06 Å². The molecule has 0 unspecified atom stereocenters. The van der Waals surface area contributed by atoms with Crippen molar-refractivity contribution in [3.63, 3.8) is 0 Å². The fourth-order valence-electron chi connectivity index (χ4n) is 4.78. The van der Waals surface area contributed by atoms with Crippen LogP contribution in [0.3, 0.4) is 0 Å². The summed E-state index contributed by atoms with van der Waals surface area (Å²) in [7, 11) is 1.64. The van der Waals surface area contributed by atoms with Gasteiger partial charge in [-0.25, -0.2) is 0 Å². The van der Waals surface area contributed by atoms with Gasteiger partial charge in [-0.05, 0) is 93.5 Å². The van der Waals surface area contributed by atoms with Gasteiger partial charge in [0.05, 0.1) is 18.1 Å². The highest BCUT2D eigenvalue weighted by atomic mass is 35.5. The molecule has 2 aromatic carbocycles. The number of rotatable bonds is 4. The Bertz CT molecular complexity index is 1190. The summed E-state index contributed by atoms with van der Waals surface area (Å²) < 4.78 is 6.10. The predicted molar refractivity (Wildman–Crippen MR) is 138 cm³/mol. The van der Waals surface area contributed by atoms with Crippen molar-refractivity contribution in [1.82, 2.24) is 10.4 Å². The molecule has 35 heavy (non-hydrogen) atoms. The van der Waals surface area contributed by atoms with Crippen LogP contribution in [0.5, 0.6) is 0 Å². The highest BCUT2D eigenvalue weighted by Gasteiger charge is 2.50. The number of esters is 1. The summed E-state index contributed by atoms with van der Waals surface area (Å²) in [6.45, 7) is 10.7. The SMILES string of the molecule is CON1CCC2(CC1)NC(=O)C(c1cc(-c3ccc(Cl)cc3)c(C)cc1C)=C2OC(=O)C(C)(C)C. The molecule has 0 atom stereocenters. The first kappa shape index (κ1) is 25.4. The zero-order chi connectivity index (χ0) is 25.5. The molecule has 1 spiro atoms. The lowest BCUT2D eigenvalue weighted by atomic mass is 9.84. The molecule has 1 N–H and O–H groups in total. The van der Waals surface area contributed by atoms with E-state index in [-0.39, 0.29) is 11.9 Å². The topological polar surface area (TPSA) is 67.9 Å². The number of halogens is 1. The molecule has 0 saturated carbocycles. The summed E-state index contributed by atoms with van der Waals surface area (Å²) in [5.74, 6) is -0.161. The highest BCUT2D eigenvalue weighted by molar-refractivity contribution is 6.30. The molecule has 2 aliphatic rings. The molecule has 1 amide bonds. The number of nitrogens with zero attached hydrogens (tertiary/aromatic N) is 1. The van der Waals surface area contributed by atoms with E-state index in [1.54, 1.807) is 7.11 Å². The second-order valence-corrected chi connectivity index (χ2v) is 10.9. The number of amides is 1. The van der Waals surface area contributed by atoms with Crippen molar-refractivity contribution < 1.29 is 19.2 Å². The fraction of sp³-hybridized carbons (Fsp3) is 0.429. The summed E-state index contributed by atoms with van der Waals surface area (Å²) in [6.07, 6.45) is 1.16. The maximum absolute atomic E-state index is 13.5. The van der Waals surface area contributed by atoms with Crippen LogP contribution < -0.4 is 5.32 Å². The van der Waals surface area contributed by atoms with Crippen molar-refractivity contribution in [1.29, 1.82) is 0 Å². The molecule has 0 aliphatic carbocycles. The van der Waals surface area contributed by atoms with Gasteiger partial charge in [-0.1, -0.05) is 29.8 Å². The Kier molecular flexibility index (Phi) is 6.84. The largest absolute Gasteiger partial charge is 0.427 e. The molecule has 2 heterocycles. The van der Waals surface area contributed by atoms with Crippen molar-refractivity contribution in [2.24, 2.45) is 5.41 Å². The summed E-state index contributed by atoms with van der Waals surface area (Å²) in [5, 5.41) is 5.71. The van der Waals surface area contributed by atoms with E-state index in [9.17, 15) is 9.59 Å². The Balaban J connectivity index is 1.88. The van der Waals surface area contributed by atoms with Crippen LogP contribution in [0.2, 0.25) is 5.02 Å². The number of hydrogen-bond donors (Lipinski definition) is 1. The maximum Gasteiger partial charge on any atom is 0.316 e. The number of aryl methyl sites for hydroxylation is 2. The number of hydroxylamine groups is 2. The van der Waals surface area contributed by atoms with Crippen molar-refractivity contribution in [3.8, 4) is 11.1 Å². The average Bonchev–Trinajstić information content (AvgIpc) is 3.05. The Hall–Kier alpha value is -2.67. The second-order valence-electron chi connectivity index (χ2n) is 10.5. The Labute approximate surface area is 212 Å². The number of nitrogens with one attached hydrogen (secondary N) is 1. The fourth-order valence-corrected chi connectivity index (χ4v) is 4.91. The van der Waals surface area contributed by atoms with E-state index in [1.807, 2.05) is 70.0 Å². The van der Waals surface area contributed by atoms with Crippen molar-refractivity contribution in [3.05, 3.63) is 63.9 Å². The Morgan fingerprint density at radius 3 is 2.20 bits per heavy atom. The zero-order valence-corrected chi connectivity index (χ0v) is 22.0. The average molecular weight is 497 g/mol. The number of benzene rings is 2. The molecule has 1 fully saturated rings. The monoisotopic (exact) mass is 496 g/mol. The second kappa shape index (κ2) is 9.41. The minimum absolute atomic E-state index is 0.221. The molecule has 1 saturated heterocycles. The molecule has 4 rings (SSSR count). The van der Waals surface area contributed by atoms with E-state index < -0.39 is 11.0 Å². The molecule has 0 radical (unpaired) electrons. The number of carbonyl (C=O) groups is 2. The minimum Gasteiger partial charge on any atom is -0.427 e. The van der Waals surface area contributed by atoms with Gasteiger partial charge in [0.25, 0.3) is 5.91 Å². The van der Waals surface area contributed by atoms with Gasteiger partial charge in [-0.15, -0.1) is 0 Å². The summed E-state index contributed by atoms with van der Waals surface area (Å²) in [6, 6.07) is 11.7. The van der Waals surface area contributed by atoms with Gasteiger partial charge in [0.15, 0.2) is 0 Å². The molecule has 186 valence electrons. The first-order valence-electron chi connectivity index (χ1n) is 11.9. The molecular weight excluding hydrogens is 464 g/mol. The molecule has 2 aromatic rings. The van der Waals surface area contributed by atoms with Gasteiger partial charge in [0.1, 0.15) is 11.3 Å². The molecule has 0 aromatic heterocycles. The lowest BCUT2D eigenvalue weighted by Crippen LogP contribution is -2.53. The Morgan fingerprint density at radius 1 is 1.03 bits per heavy atom. The molecule has 7 heteroatoms. The zero-order valence-electron chi connectivity index (χ0n) is 21.3. The first-order chi connectivity index (χ1) is 16.4. The maximum atomic E-state index is 13.5. The van der Waals surface area contributed by atoms with Gasteiger partial charge < -0.3 is 14.9 Å². The van der Waals surface area contributed by atoms with Gasteiger partial charge >= 0.3 is 5.97 Å². The first-order valence-corrected chi connectivity index (χ1v) is 12.3. The summed E-state index contributed by atoms with van der Waals surface area (Å²) >= 11 is 6.10. The highest BCUT2D eigenvalue weighted by Crippen LogP contribution is 2.43. The third-order valence-electron chi connectivity index (χ3n) is 6.88. The lowest BCUT2D eigenvalue weighted by Gasteiger charge is -2.39. The van der Waals surface area contributed by atoms with Crippen LogP contribution in [0.4, 0.5) is 0 Å². The van der Waals surface area contributed by atoms with Crippen LogP contribution in [0, 0.1) is 19.3 Å². The van der Waals surface area contributed by atoms with Crippen molar-refractivity contribution in [2.45, 2.75) is 53.0 Å². The molecule has 0 bridgehead atoms. The molecule has 2 aliphatic heterocycles. The van der Waals surface area contributed by atoms with E-state index in [4.69, 9.17) is 21.2 Å². The van der Waals surface area contributed by atoms with Crippen LogP contribution >= 0.6 is 11.6 Å². The summed E-state index contributed by atoms with van der Waals surface area (Å²) in [5.41, 5.74) is 3.77. The quantitative estimate of drug-likeness (QED) is 0.570. The third-order valence-corrected chi connectivity index (χ3v) is 7.13. The van der Waals surface area contributed by atoms with Gasteiger partial charge in [-0.3, -0.25) is 9.59 Å². The number of carbonyl (C=O) groups excluding carboxylic acids is 2. The molecule has 6 nitrogen and oxygen atoms in total. The lowest BCUT2D eigenvalue weighted by molar-refractivity contribution is -0.159. The number of ether oxygens (including phenoxy) is 1. The Morgan fingerprint density at radius 2 is 1.63 bits per heavy atom. The van der Waals surface area contributed by atoms with E-state index in [0.717, 1.165) is 27.8 Å². The van der Waals surface area contributed by atoms with E-state index in [1.165, 1.54) is 0 Å². The van der Waals surface area contributed by atoms with E-state index >= 15 is 0 Å². The molecular formula is C28H33ClN2O4. The smallest absolute Gasteiger partial charge is 0.316 e. The minimum atomic E-state index is -0.750. The van der Waals surface area contributed by atoms with Crippen LogP contribution in [-0.4, -0.2) is 42.7 Å². The normalized spacial score (nSPS) is 18.2. The van der Waals surface area contributed by atoms with Crippen LogP contribution in [-0.2, 0) is 19.2 Å². The van der Waals surface area contributed by atoms with Gasteiger partial charge in [0, 0.05) is 18.1 Å². The predicted octanol–water partition coefficient (Wildman–Crippen LogP) is 5.45. The van der Waals surface area contributed by atoms with Crippen molar-refractivity contribution >= 4 is 29.1 Å². The van der Waals surface area contributed by atoms with E-state index in [2.05, 4.69) is 11.4 Å². The van der Waals surface area contributed by atoms with Crippen LogP contribution in [0.1, 0.15) is 50.3 Å². The number of hydrogen-bond acceptors (Lipinski definition) is 5. The standard InChI is InChI=1S/C28H33ClN2O4/c1-17-15-18(2)22(16-21(17)19-7-9-20(29)10-8-19)23-24(35-26(33)27(3,4)5)28(30-25(23)32)11-13-31(34-6)14-12-28/h7-10,15-16H,11-14H2,1-6H3,(H,30,32). The summed E-state index contributed by atoms with van der Waals surface area (Å²) in [4.78, 5) is 32.0. The third kappa shape index (κ3) is 4.88.